The lowest BCUT2D eigenvalue weighted by atomic mass is 9.85. The topological polar surface area (TPSA) is 39.3 Å². The number of hydrogen-bond acceptors (Lipinski definition) is 2. The maximum atomic E-state index is 11.9. The molecule has 0 unspecified atom stereocenters. The van der Waals surface area contributed by atoms with Crippen LogP contribution in [-0.2, 0) is 7.05 Å². The van der Waals surface area contributed by atoms with E-state index in [1.165, 1.54) is 37.7 Å². The number of hydrogen-bond donors (Lipinski definition) is 0. The molecule has 0 aliphatic heterocycles. The van der Waals surface area contributed by atoms with Gasteiger partial charge in [0, 0.05) is 31.2 Å². The van der Waals surface area contributed by atoms with Crippen LogP contribution in [0.25, 0.3) is 5.65 Å². The van der Waals surface area contributed by atoms with Crippen molar-refractivity contribution in [2.75, 3.05) is 0 Å². The van der Waals surface area contributed by atoms with Gasteiger partial charge in [0.05, 0.1) is 0 Å². The van der Waals surface area contributed by atoms with Crippen molar-refractivity contribution < 1.29 is 0 Å². The molecule has 2 heterocycles. The Kier molecular flexibility index (Phi) is 2.50. The Bertz CT molecular complexity index is 590. The zero-order valence-electron chi connectivity index (χ0n) is 10.1. The Balaban J connectivity index is 2.18. The van der Waals surface area contributed by atoms with Gasteiger partial charge in [0.1, 0.15) is 5.65 Å². The molecule has 0 amide bonds. The van der Waals surface area contributed by atoms with Crippen molar-refractivity contribution in [3.63, 3.8) is 0 Å². The van der Waals surface area contributed by atoms with Crippen molar-refractivity contribution in [2.45, 2.75) is 38.0 Å². The molecule has 0 radical (unpaired) electrons. The second-order valence-electron chi connectivity index (χ2n) is 4.93. The third-order valence-electron chi connectivity index (χ3n) is 3.78. The van der Waals surface area contributed by atoms with Gasteiger partial charge >= 0.3 is 5.69 Å². The third-order valence-corrected chi connectivity index (χ3v) is 3.78. The quantitative estimate of drug-likeness (QED) is 0.753. The molecule has 17 heavy (non-hydrogen) atoms. The van der Waals surface area contributed by atoms with E-state index in [4.69, 9.17) is 0 Å². The fraction of sp³-hybridized carbons (Fsp3) is 0.538. The highest BCUT2D eigenvalue weighted by atomic mass is 16.1. The Morgan fingerprint density at radius 2 is 2.06 bits per heavy atom. The molecule has 1 saturated carbocycles. The SMILES string of the molecule is Cn1cc(C2CCCCC2)c2nccn2c1=O. The van der Waals surface area contributed by atoms with E-state index < -0.39 is 0 Å². The van der Waals surface area contributed by atoms with Crippen LogP contribution in [-0.4, -0.2) is 14.0 Å². The van der Waals surface area contributed by atoms with E-state index in [1.54, 1.807) is 21.4 Å². The van der Waals surface area contributed by atoms with Crippen molar-refractivity contribution in [2.24, 2.45) is 7.05 Å². The summed E-state index contributed by atoms with van der Waals surface area (Å²) in [6.07, 6.45) is 11.8. The smallest absolute Gasteiger partial charge is 0.303 e. The van der Waals surface area contributed by atoms with Gasteiger partial charge in [-0.2, -0.15) is 0 Å². The number of imidazole rings is 1. The number of nitrogens with zero attached hydrogens (tertiary/aromatic N) is 3. The number of rotatable bonds is 1. The third kappa shape index (κ3) is 1.68. The Hall–Kier alpha value is -1.58. The van der Waals surface area contributed by atoms with E-state index in [9.17, 15) is 4.79 Å². The maximum Gasteiger partial charge on any atom is 0.333 e. The fourth-order valence-electron chi connectivity index (χ4n) is 2.86. The summed E-state index contributed by atoms with van der Waals surface area (Å²) in [5, 5.41) is 0. The highest BCUT2D eigenvalue weighted by Gasteiger charge is 2.20. The van der Waals surface area contributed by atoms with Crippen LogP contribution in [0.1, 0.15) is 43.6 Å². The number of fused-ring (bicyclic) bond motifs is 1. The molecule has 1 fully saturated rings. The summed E-state index contributed by atoms with van der Waals surface area (Å²) in [6.45, 7) is 0. The molecule has 4 heteroatoms. The predicted molar refractivity (Wildman–Crippen MR) is 66.3 cm³/mol. The zero-order valence-corrected chi connectivity index (χ0v) is 10.1. The number of aryl methyl sites for hydroxylation is 1. The molecule has 0 saturated heterocycles. The summed E-state index contributed by atoms with van der Waals surface area (Å²) < 4.78 is 3.32. The van der Waals surface area contributed by atoms with E-state index in [-0.39, 0.29) is 5.69 Å². The number of aromatic nitrogens is 3. The van der Waals surface area contributed by atoms with E-state index in [0.717, 1.165) is 5.65 Å². The Labute approximate surface area is 99.9 Å². The summed E-state index contributed by atoms with van der Waals surface area (Å²) >= 11 is 0. The average Bonchev–Trinajstić information content (AvgIpc) is 2.84. The van der Waals surface area contributed by atoms with Gasteiger partial charge in [-0.3, -0.25) is 4.40 Å². The summed E-state index contributed by atoms with van der Waals surface area (Å²) in [6, 6.07) is 0. The molecule has 0 atom stereocenters. The molecule has 1 aliphatic carbocycles. The van der Waals surface area contributed by atoms with Gasteiger partial charge < -0.3 is 4.57 Å². The molecule has 4 nitrogen and oxygen atoms in total. The largest absolute Gasteiger partial charge is 0.333 e. The first-order chi connectivity index (χ1) is 8.27. The molecule has 0 bridgehead atoms. The highest BCUT2D eigenvalue weighted by molar-refractivity contribution is 5.48. The Morgan fingerprint density at radius 1 is 1.29 bits per heavy atom. The van der Waals surface area contributed by atoms with Crippen LogP contribution in [0.4, 0.5) is 0 Å². The van der Waals surface area contributed by atoms with Gasteiger partial charge in [-0.1, -0.05) is 19.3 Å². The van der Waals surface area contributed by atoms with Crippen molar-refractivity contribution in [1.29, 1.82) is 0 Å². The lowest BCUT2D eigenvalue weighted by molar-refractivity contribution is 0.442. The molecule has 2 aromatic rings. The first kappa shape index (κ1) is 10.6. The fourth-order valence-corrected chi connectivity index (χ4v) is 2.86. The molecule has 2 aromatic heterocycles. The summed E-state index contributed by atoms with van der Waals surface area (Å²) in [4.78, 5) is 16.3. The van der Waals surface area contributed by atoms with Gasteiger partial charge in [-0.25, -0.2) is 9.78 Å². The molecular weight excluding hydrogens is 214 g/mol. The first-order valence-corrected chi connectivity index (χ1v) is 6.30. The molecule has 0 spiro atoms. The molecule has 0 aromatic carbocycles. The summed E-state index contributed by atoms with van der Waals surface area (Å²) in [5.74, 6) is 0.570. The van der Waals surface area contributed by atoms with Crippen molar-refractivity contribution in [1.82, 2.24) is 14.0 Å². The van der Waals surface area contributed by atoms with Crippen LogP contribution >= 0.6 is 0 Å². The average molecular weight is 231 g/mol. The summed E-state index contributed by atoms with van der Waals surface area (Å²) in [7, 11) is 1.81. The van der Waals surface area contributed by atoms with Gasteiger partial charge in [0.25, 0.3) is 0 Å². The maximum absolute atomic E-state index is 11.9. The monoisotopic (exact) mass is 231 g/mol. The first-order valence-electron chi connectivity index (χ1n) is 6.30. The van der Waals surface area contributed by atoms with E-state index in [2.05, 4.69) is 4.98 Å². The second kappa shape index (κ2) is 4.02. The van der Waals surface area contributed by atoms with Crippen LogP contribution in [0, 0.1) is 0 Å². The van der Waals surface area contributed by atoms with Crippen LogP contribution in [0.3, 0.4) is 0 Å². The minimum absolute atomic E-state index is 0.0166. The van der Waals surface area contributed by atoms with E-state index >= 15 is 0 Å². The standard InChI is InChI=1S/C13H17N3O/c1-15-9-11(10-5-3-2-4-6-10)12-14-7-8-16(12)13(15)17/h7-10H,2-6H2,1H3. The Morgan fingerprint density at radius 3 is 2.82 bits per heavy atom. The van der Waals surface area contributed by atoms with Gasteiger partial charge in [0.15, 0.2) is 0 Å². The predicted octanol–water partition coefficient (Wildman–Crippen LogP) is 2.08. The van der Waals surface area contributed by atoms with Crippen molar-refractivity contribution >= 4 is 5.65 Å². The van der Waals surface area contributed by atoms with Crippen LogP contribution in [0.15, 0.2) is 23.4 Å². The van der Waals surface area contributed by atoms with Gasteiger partial charge in [-0.05, 0) is 18.8 Å². The van der Waals surface area contributed by atoms with Crippen molar-refractivity contribution in [3.8, 4) is 0 Å². The molecule has 3 rings (SSSR count). The van der Waals surface area contributed by atoms with Crippen LogP contribution in [0.2, 0.25) is 0 Å². The molecule has 1 aliphatic rings. The highest BCUT2D eigenvalue weighted by Crippen LogP contribution is 2.33. The van der Waals surface area contributed by atoms with Gasteiger partial charge in [0.2, 0.25) is 0 Å². The minimum Gasteiger partial charge on any atom is -0.303 e. The van der Waals surface area contributed by atoms with Crippen LogP contribution in [0.5, 0.6) is 0 Å². The lowest BCUT2D eigenvalue weighted by Crippen LogP contribution is -2.25. The second-order valence-corrected chi connectivity index (χ2v) is 4.93. The van der Waals surface area contributed by atoms with E-state index in [1.807, 2.05) is 13.2 Å². The van der Waals surface area contributed by atoms with Crippen molar-refractivity contribution in [3.05, 3.63) is 34.6 Å². The van der Waals surface area contributed by atoms with Crippen LogP contribution < -0.4 is 5.69 Å². The summed E-state index contributed by atoms with van der Waals surface area (Å²) in [5.41, 5.74) is 2.06. The molecular formula is C13H17N3O. The molecule has 90 valence electrons. The zero-order chi connectivity index (χ0) is 11.8. The lowest BCUT2D eigenvalue weighted by Gasteiger charge is -2.22. The molecule has 0 N–H and O–H groups in total. The van der Waals surface area contributed by atoms with E-state index in [0.29, 0.717) is 5.92 Å². The normalized spacial score (nSPS) is 17.7. The van der Waals surface area contributed by atoms with Gasteiger partial charge in [-0.15, -0.1) is 0 Å². The minimum atomic E-state index is -0.0166.